The van der Waals surface area contributed by atoms with E-state index in [-0.39, 0.29) is 16.7 Å². The van der Waals surface area contributed by atoms with Crippen molar-refractivity contribution in [1.29, 1.82) is 0 Å². The number of carbonyl (C=O) groups excluding carboxylic acids is 1. The molecule has 0 spiro atoms. The molecule has 1 atom stereocenters. The topological polar surface area (TPSA) is 20.3 Å². The zero-order chi connectivity index (χ0) is 29.0. The number of benzene rings is 4. The van der Waals surface area contributed by atoms with E-state index in [1.807, 2.05) is 42.5 Å². The van der Waals surface area contributed by atoms with Gasteiger partial charge in [-0.3, -0.25) is 4.79 Å². The molecule has 0 N–H and O–H groups in total. The number of nitrogens with zero attached hydrogens (tertiary/aromatic N) is 1. The van der Waals surface area contributed by atoms with Gasteiger partial charge in [-0.15, -0.1) is 0 Å². The molecule has 4 aromatic carbocycles. The average molecular weight is 596 g/mol. The number of ketones is 1. The summed E-state index contributed by atoms with van der Waals surface area (Å²) in [5, 5.41) is 0. The molecule has 1 aliphatic rings. The Morgan fingerprint density at radius 3 is 1.50 bits per heavy atom. The molecule has 1 saturated heterocycles. The number of carbonyl (C=O) groups is 1. The summed E-state index contributed by atoms with van der Waals surface area (Å²) >= 11 is 0. The zero-order valence-electron chi connectivity index (χ0n) is 21.6. The van der Waals surface area contributed by atoms with Crippen molar-refractivity contribution in [1.82, 2.24) is 0 Å². The van der Waals surface area contributed by atoms with Crippen LogP contribution in [0.4, 0.5) is 30.9 Å². The van der Waals surface area contributed by atoms with Crippen LogP contribution < -0.4 is 4.90 Å². The molecule has 1 unspecified atom stereocenters. The second-order valence-electron chi connectivity index (χ2n) is 9.49. The van der Waals surface area contributed by atoms with Gasteiger partial charge in [0.15, 0.2) is 20.5 Å². The van der Waals surface area contributed by atoms with Crippen LogP contribution in [0.15, 0.2) is 118 Å². The maximum atomic E-state index is 12.9. The Hall–Kier alpha value is -3.29. The molecule has 0 saturated carbocycles. The molecule has 5 rings (SSSR count). The monoisotopic (exact) mass is 595 g/mol. The van der Waals surface area contributed by atoms with Gasteiger partial charge >= 0.3 is 33.0 Å². The van der Waals surface area contributed by atoms with Crippen molar-refractivity contribution >= 4 is 30.2 Å². The van der Waals surface area contributed by atoms with E-state index in [0.717, 1.165) is 24.2 Å². The number of anilines is 1. The van der Waals surface area contributed by atoms with Gasteiger partial charge in [0.1, 0.15) is 0 Å². The number of aryl methyl sites for hydroxylation is 1. The number of rotatable bonds is 6. The molecule has 1 aliphatic heterocycles. The fourth-order valence-electron chi connectivity index (χ4n) is 4.35. The van der Waals surface area contributed by atoms with Crippen molar-refractivity contribution < 1.29 is 30.0 Å². The average Bonchev–Trinajstić information content (AvgIpc) is 3.44. The summed E-state index contributed by atoms with van der Waals surface area (Å²) in [6.07, 6.45) is 2.56. The van der Waals surface area contributed by atoms with E-state index < -0.39 is 7.81 Å². The molecule has 0 amide bonds. The van der Waals surface area contributed by atoms with Gasteiger partial charge in [0.05, 0.1) is 10.9 Å². The van der Waals surface area contributed by atoms with E-state index >= 15 is 0 Å². The molecule has 4 aromatic rings. The molecule has 212 valence electrons. The molecule has 1 heterocycles. The molecular formula is C30H28F6NOPS. The first-order valence-corrected chi connectivity index (χ1v) is 15.8. The molecule has 0 aromatic heterocycles. The van der Waals surface area contributed by atoms with Crippen molar-refractivity contribution in [3.8, 4) is 0 Å². The van der Waals surface area contributed by atoms with E-state index in [1.54, 1.807) is 0 Å². The van der Waals surface area contributed by atoms with Crippen LogP contribution in [0.1, 0.15) is 34.3 Å². The Kier molecular flexibility index (Phi) is 8.12. The van der Waals surface area contributed by atoms with Crippen molar-refractivity contribution in [3.63, 3.8) is 0 Å². The summed E-state index contributed by atoms with van der Waals surface area (Å²) in [7, 11) is -10.9. The van der Waals surface area contributed by atoms with E-state index in [1.165, 1.54) is 38.8 Å². The predicted molar refractivity (Wildman–Crippen MR) is 151 cm³/mol. The van der Waals surface area contributed by atoms with Crippen molar-refractivity contribution in [2.75, 3.05) is 18.0 Å². The first kappa shape index (κ1) is 29.7. The van der Waals surface area contributed by atoms with E-state index in [9.17, 15) is 30.0 Å². The Labute approximate surface area is 232 Å². The summed E-state index contributed by atoms with van der Waals surface area (Å²) in [4.78, 5) is 19.1. The van der Waals surface area contributed by atoms with Crippen LogP contribution in [0.25, 0.3) is 0 Å². The number of hydrogen-bond donors (Lipinski definition) is 0. The molecule has 0 aliphatic carbocycles. The Morgan fingerprint density at radius 2 is 1.02 bits per heavy atom. The standard InChI is InChI=1S/C30H28NOS.F6P/c1-23-9-15-27(16-10-23)33(29-19-13-26(14-20-29)31-21-5-6-22-31)28-17-11-25(12-18-28)30(32)24-7-3-2-4-8-24;1-7(2,3,4,5)6/h2-4,7-20H,5-6,21-22H2,1H3;/q+1;-1. The van der Waals surface area contributed by atoms with Crippen LogP contribution in [-0.2, 0) is 10.9 Å². The minimum absolute atomic E-state index is 0.0623. The number of halogens is 6. The van der Waals surface area contributed by atoms with Crippen LogP contribution in [0.3, 0.4) is 0 Å². The predicted octanol–water partition coefficient (Wildman–Crippen LogP) is 10.3. The van der Waals surface area contributed by atoms with Gasteiger partial charge < -0.3 is 4.90 Å². The number of hydrogen-bond acceptors (Lipinski definition) is 2. The van der Waals surface area contributed by atoms with Crippen LogP contribution in [0.5, 0.6) is 0 Å². The fraction of sp³-hybridized carbons (Fsp3) is 0.167. The molecular weight excluding hydrogens is 567 g/mol. The van der Waals surface area contributed by atoms with Crippen molar-refractivity contribution in [2.45, 2.75) is 34.5 Å². The fourth-order valence-corrected chi connectivity index (χ4v) is 6.39. The van der Waals surface area contributed by atoms with Crippen LogP contribution in [0, 0.1) is 6.92 Å². The summed E-state index contributed by atoms with van der Waals surface area (Å²) in [6, 6.07) is 35.6. The quantitative estimate of drug-likeness (QED) is 0.0957. The molecule has 40 heavy (non-hydrogen) atoms. The Morgan fingerprint density at radius 1 is 0.625 bits per heavy atom. The second-order valence-corrected chi connectivity index (χ2v) is 13.4. The van der Waals surface area contributed by atoms with E-state index in [0.29, 0.717) is 0 Å². The van der Waals surface area contributed by atoms with Gasteiger partial charge in [-0.1, -0.05) is 48.0 Å². The van der Waals surface area contributed by atoms with E-state index in [4.69, 9.17) is 0 Å². The minimum atomic E-state index is -10.7. The Bertz CT molecular complexity index is 1430. The Balaban J connectivity index is 0.000000470. The summed E-state index contributed by atoms with van der Waals surface area (Å²) in [5.41, 5.74) is 4.02. The third kappa shape index (κ3) is 9.14. The summed E-state index contributed by atoms with van der Waals surface area (Å²) < 4.78 is 59.2. The molecule has 10 heteroatoms. The molecule has 2 nitrogen and oxygen atoms in total. The van der Waals surface area contributed by atoms with Crippen molar-refractivity contribution in [2.24, 2.45) is 0 Å². The molecule has 1 fully saturated rings. The van der Waals surface area contributed by atoms with Crippen molar-refractivity contribution in [3.05, 3.63) is 120 Å². The normalized spacial score (nSPS) is 15.8. The first-order valence-electron chi connectivity index (χ1n) is 12.6. The molecule has 0 bridgehead atoms. The van der Waals surface area contributed by atoms with Gasteiger partial charge in [-0.25, -0.2) is 0 Å². The van der Waals surface area contributed by atoms with Crippen LogP contribution in [0.2, 0.25) is 0 Å². The third-order valence-corrected chi connectivity index (χ3v) is 8.42. The first-order chi connectivity index (χ1) is 18.6. The van der Waals surface area contributed by atoms with Gasteiger partial charge in [0.25, 0.3) is 0 Å². The van der Waals surface area contributed by atoms with E-state index in [2.05, 4.69) is 72.5 Å². The maximum absolute atomic E-state index is 12.9. The van der Waals surface area contributed by atoms with Crippen LogP contribution >= 0.6 is 7.81 Å². The zero-order valence-corrected chi connectivity index (χ0v) is 23.3. The van der Waals surface area contributed by atoms with Crippen LogP contribution in [-0.4, -0.2) is 18.9 Å². The van der Waals surface area contributed by atoms with Gasteiger partial charge in [-0.2, -0.15) is 0 Å². The molecule has 0 radical (unpaired) electrons. The van der Waals surface area contributed by atoms with Gasteiger partial charge in [0, 0.05) is 29.9 Å². The third-order valence-electron chi connectivity index (χ3n) is 6.19. The van der Waals surface area contributed by atoms with Gasteiger partial charge in [0.2, 0.25) is 0 Å². The SMILES string of the molecule is Cc1ccc([S+](c2ccc(C(=O)c3ccccc3)cc2)c2ccc(N3CCCC3)cc2)cc1.F[P-](F)(F)(F)(F)F. The summed E-state index contributed by atoms with van der Waals surface area (Å²) in [5.74, 6) is 0.0623. The summed E-state index contributed by atoms with van der Waals surface area (Å²) in [6.45, 7) is 4.43. The second kappa shape index (κ2) is 10.9. The van der Waals surface area contributed by atoms with Gasteiger partial charge in [-0.05, 0) is 80.4 Å².